The van der Waals surface area contributed by atoms with Crippen LogP contribution in [0.5, 0.6) is 0 Å². The molecule has 0 radical (unpaired) electrons. The van der Waals surface area contributed by atoms with Gasteiger partial charge in [0.2, 0.25) is 0 Å². The van der Waals surface area contributed by atoms with Crippen LogP contribution >= 0.6 is 11.8 Å². The summed E-state index contributed by atoms with van der Waals surface area (Å²) in [4.78, 5) is 25.9. The lowest BCUT2D eigenvalue weighted by Gasteiger charge is -2.14. The zero-order valence-corrected chi connectivity index (χ0v) is 19.9. The van der Waals surface area contributed by atoms with Crippen molar-refractivity contribution < 1.29 is 9.53 Å². The van der Waals surface area contributed by atoms with Gasteiger partial charge in [-0.1, -0.05) is 39.5 Å². The molecule has 1 unspecified atom stereocenters. The van der Waals surface area contributed by atoms with Gasteiger partial charge in [-0.2, -0.15) is 10.2 Å². The number of hydrogen-bond acceptors (Lipinski definition) is 6. The van der Waals surface area contributed by atoms with Crippen molar-refractivity contribution >= 4 is 28.5 Å². The Kier molecular flexibility index (Phi) is 8.90. The van der Waals surface area contributed by atoms with Gasteiger partial charge >= 0.3 is 5.97 Å². The third-order valence-electron chi connectivity index (χ3n) is 5.53. The van der Waals surface area contributed by atoms with Gasteiger partial charge in [-0.05, 0) is 36.6 Å². The Hall–Kier alpha value is -2.61. The van der Waals surface area contributed by atoms with E-state index in [1.165, 1.54) is 35.7 Å². The molecule has 1 atom stereocenters. The molecule has 0 bridgehead atoms. The van der Waals surface area contributed by atoms with Gasteiger partial charge in [-0.15, -0.1) is 11.8 Å². The van der Waals surface area contributed by atoms with Crippen LogP contribution in [0.4, 0.5) is 0 Å². The number of nitrogens with zero attached hydrogens (tertiary/aromatic N) is 4. The Labute approximate surface area is 193 Å². The first-order chi connectivity index (χ1) is 15.5. The molecule has 0 N–H and O–H groups in total. The fraction of sp³-hybridized carbons (Fsp3) is 0.500. The minimum atomic E-state index is -0.201. The lowest BCUT2D eigenvalue weighted by Crippen LogP contribution is -2.23. The van der Waals surface area contributed by atoms with E-state index in [1.807, 2.05) is 31.4 Å². The van der Waals surface area contributed by atoms with Gasteiger partial charge in [0.15, 0.2) is 0 Å². The van der Waals surface area contributed by atoms with Crippen LogP contribution < -0.4 is 5.56 Å². The SMILES string of the molecule is CCCCCC(CC)COC(=O)CSc1ccc2c(=O)n(Cc3ccn(C)n3)ncc2c1. The highest BCUT2D eigenvalue weighted by molar-refractivity contribution is 8.00. The molecule has 0 amide bonds. The number of aryl methyl sites for hydroxylation is 1. The van der Waals surface area contributed by atoms with Gasteiger partial charge in [0.05, 0.1) is 36.2 Å². The van der Waals surface area contributed by atoms with E-state index in [4.69, 9.17) is 4.74 Å². The third-order valence-corrected chi connectivity index (χ3v) is 6.50. The number of fused-ring (bicyclic) bond motifs is 1. The summed E-state index contributed by atoms with van der Waals surface area (Å²) < 4.78 is 8.61. The molecular weight excluding hydrogens is 424 g/mol. The standard InChI is InChI=1S/C24H32N4O3S/c1-4-6-7-8-18(5-2)16-31-23(29)17-32-21-9-10-22-19(13-21)14-25-28(24(22)30)15-20-11-12-27(3)26-20/h9-14,18H,4-8,15-17H2,1-3H3. The average Bonchev–Trinajstić information content (AvgIpc) is 3.21. The topological polar surface area (TPSA) is 79.0 Å². The van der Waals surface area contributed by atoms with Crippen molar-refractivity contribution in [1.82, 2.24) is 19.6 Å². The molecule has 172 valence electrons. The van der Waals surface area contributed by atoms with E-state index in [0.717, 1.165) is 28.8 Å². The number of rotatable bonds is 12. The Bertz CT molecular complexity index is 1090. The number of thioether (sulfide) groups is 1. The molecule has 0 spiro atoms. The van der Waals surface area contributed by atoms with E-state index in [-0.39, 0.29) is 17.3 Å². The van der Waals surface area contributed by atoms with Crippen LogP contribution in [0.15, 0.2) is 46.3 Å². The quantitative estimate of drug-likeness (QED) is 0.228. The summed E-state index contributed by atoms with van der Waals surface area (Å²) in [5.74, 6) is 0.490. The third kappa shape index (κ3) is 6.69. The number of carbonyl (C=O) groups excluding carboxylic acids is 1. The monoisotopic (exact) mass is 456 g/mol. The van der Waals surface area contributed by atoms with Gasteiger partial charge in [-0.25, -0.2) is 4.68 Å². The average molecular weight is 457 g/mol. The molecule has 1 aromatic carbocycles. The van der Waals surface area contributed by atoms with E-state index in [1.54, 1.807) is 16.9 Å². The van der Waals surface area contributed by atoms with E-state index in [9.17, 15) is 9.59 Å². The maximum absolute atomic E-state index is 12.8. The maximum atomic E-state index is 12.8. The molecule has 3 aromatic rings. The number of aromatic nitrogens is 4. The fourth-order valence-electron chi connectivity index (χ4n) is 3.55. The van der Waals surface area contributed by atoms with E-state index >= 15 is 0 Å². The zero-order valence-electron chi connectivity index (χ0n) is 19.1. The van der Waals surface area contributed by atoms with Gasteiger partial charge in [-0.3, -0.25) is 14.3 Å². The van der Waals surface area contributed by atoms with Crippen molar-refractivity contribution in [3.63, 3.8) is 0 Å². The van der Waals surface area contributed by atoms with Gasteiger partial charge in [0.1, 0.15) is 0 Å². The van der Waals surface area contributed by atoms with Crippen LogP contribution in [0.25, 0.3) is 10.8 Å². The first-order valence-corrected chi connectivity index (χ1v) is 12.3. The fourth-order valence-corrected chi connectivity index (χ4v) is 4.29. The molecule has 0 saturated heterocycles. The van der Waals surface area contributed by atoms with Crippen molar-refractivity contribution in [2.45, 2.75) is 57.4 Å². The van der Waals surface area contributed by atoms with Crippen molar-refractivity contribution in [2.75, 3.05) is 12.4 Å². The largest absolute Gasteiger partial charge is 0.465 e. The van der Waals surface area contributed by atoms with E-state index < -0.39 is 0 Å². The molecule has 7 nitrogen and oxygen atoms in total. The van der Waals surface area contributed by atoms with Crippen LogP contribution in [0, 0.1) is 5.92 Å². The second kappa shape index (κ2) is 11.9. The van der Waals surface area contributed by atoms with Crippen molar-refractivity contribution in [2.24, 2.45) is 13.0 Å². The van der Waals surface area contributed by atoms with Crippen LogP contribution in [-0.2, 0) is 23.1 Å². The van der Waals surface area contributed by atoms with Crippen LogP contribution in [0.3, 0.4) is 0 Å². The Morgan fingerprint density at radius 2 is 2.06 bits per heavy atom. The summed E-state index contributed by atoms with van der Waals surface area (Å²) in [5.41, 5.74) is 0.626. The smallest absolute Gasteiger partial charge is 0.316 e. The molecule has 0 aliphatic heterocycles. The molecule has 0 fully saturated rings. The van der Waals surface area contributed by atoms with Crippen LogP contribution in [0.2, 0.25) is 0 Å². The number of esters is 1. The number of ether oxygens (including phenoxy) is 1. The molecular formula is C24H32N4O3S. The van der Waals surface area contributed by atoms with Gasteiger partial charge in [0, 0.05) is 23.5 Å². The molecule has 2 aromatic heterocycles. The second-order valence-corrected chi connectivity index (χ2v) is 9.13. The van der Waals surface area contributed by atoms with Crippen LogP contribution in [0.1, 0.15) is 51.6 Å². The summed E-state index contributed by atoms with van der Waals surface area (Å²) >= 11 is 1.42. The predicted octanol–water partition coefficient (Wildman–Crippen LogP) is 4.42. The summed E-state index contributed by atoms with van der Waals surface area (Å²) in [6.07, 6.45) is 9.28. The number of benzene rings is 1. The van der Waals surface area contributed by atoms with Crippen molar-refractivity contribution in [3.05, 3.63) is 52.7 Å². The Balaban J connectivity index is 1.56. The lowest BCUT2D eigenvalue weighted by molar-refractivity contribution is -0.141. The minimum absolute atomic E-state index is 0.155. The highest BCUT2D eigenvalue weighted by Crippen LogP contribution is 2.22. The molecule has 0 aliphatic rings. The number of carbonyl (C=O) groups is 1. The Morgan fingerprint density at radius 1 is 1.22 bits per heavy atom. The number of unbranched alkanes of at least 4 members (excludes halogenated alkanes) is 2. The molecule has 0 saturated carbocycles. The van der Waals surface area contributed by atoms with Gasteiger partial charge < -0.3 is 4.74 Å². The highest BCUT2D eigenvalue weighted by Gasteiger charge is 2.12. The van der Waals surface area contributed by atoms with Gasteiger partial charge in [0.25, 0.3) is 5.56 Å². The summed E-state index contributed by atoms with van der Waals surface area (Å²) in [6.45, 7) is 5.16. The van der Waals surface area contributed by atoms with E-state index in [2.05, 4.69) is 24.0 Å². The molecule has 2 heterocycles. The number of hydrogen-bond donors (Lipinski definition) is 0. The molecule has 8 heteroatoms. The molecule has 0 aliphatic carbocycles. The lowest BCUT2D eigenvalue weighted by atomic mass is 10.00. The second-order valence-electron chi connectivity index (χ2n) is 8.08. The molecule has 3 rings (SSSR count). The highest BCUT2D eigenvalue weighted by atomic mass is 32.2. The summed E-state index contributed by atoms with van der Waals surface area (Å²) in [5, 5.41) is 9.95. The van der Waals surface area contributed by atoms with Crippen molar-refractivity contribution in [1.29, 1.82) is 0 Å². The first-order valence-electron chi connectivity index (χ1n) is 11.3. The normalized spacial score (nSPS) is 12.2. The van der Waals surface area contributed by atoms with Crippen LogP contribution in [-0.4, -0.2) is 37.9 Å². The van der Waals surface area contributed by atoms with Crippen molar-refractivity contribution in [3.8, 4) is 0 Å². The molecule has 32 heavy (non-hydrogen) atoms. The predicted molar refractivity (Wildman–Crippen MR) is 128 cm³/mol. The summed E-state index contributed by atoms with van der Waals surface area (Å²) in [6, 6.07) is 7.42. The minimum Gasteiger partial charge on any atom is -0.465 e. The summed E-state index contributed by atoms with van der Waals surface area (Å²) in [7, 11) is 1.84. The first kappa shape index (κ1) is 24.0. The van der Waals surface area contributed by atoms with E-state index in [0.29, 0.717) is 24.5 Å². The zero-order chi connectivity index (χ0) is 22.9. The maximum Gasteiger partial charge on any atom is 0.316 e. The Morgan fingerprint density at radius 3 is 2.78 bits per heavy atom.